The molecule has 0 fully saturated rings. The lowest BCUT2D eigenvalue weighted by molar-refractivity contribution is 0.414. The number of aliphatic imine (C=N–C) groups is 1. The molecule has 0 saturated heterocycles. The molecule has 0 aliphatic rings. The molecular weight excluding hydrogens is 433 g/mol. The molecule has 0 unspecified atom stereocenters. The lowest BCUT2D eigenvalue weighted by Crippen LogP contribution is -2.37. The molecule has 2 N–H and O–H groups in total. The number of thioether (sulfide) groups is 1. The number of hydrogen-bond donors (Lipinski definition) is 2. The van der Waals surface area contributed by atoms with Crippen LogP contribution in [-0.2, 0) is 6.42 Å². The summed E-state index contributed by atoms with van der Waals surface area (Å²) in [4.78, 5) is 4.64. The normalized spacial score (nSPS) is 10.9. The zero-order chi connectivity index (χ0) is 16.8. The van der Waals surface area contributed by atoms with Crippen LogP contribution in [0.5, 0.6) is 5.75 Å². The van der Waals surface area contributed by atoms with Crippen LogP contribution in [0.2, 0.25) is 0 Å². The molecule has 0 spiro atoms. The molecule has 138 valence electrons. The van der Waals surface area contributed by atoms with Crippen LogP contribution in [0.25, 0.3) is 0 Å². The van der Waals surface area contributed by atoms with E-state index in [9.17, 15) is 0 Å². The van der Waals surface area contributed by atoms with Gasteiger partial charge in [0.05, 0.1) is 7.11 Å². The van der Waals surface area contributed by atoms with E-state index in [1.54, 1.807) is 7.11 Å². The number of unbranched alkanes of at least 4 members (excludes halogenated alkanes) is 1. The third-order valence-electron chi connectivity index (χ3n) is 3.46. The van der Waals surface area contributed by atoms with Crippen molar-refractivity contribution in [2.75, 3.05) is 38.8 Å². The molecular formula is C18H32IN3OS. The van der Waals surface area contributed by atoms with Crippen molar-refractivity contribution >= 4 is 41.7 Å². The molecule has 0 saturated carbocycles. The Kier molecular flexibility index (Phi) is 15.5. The standard InChI is InChI=1S/C18H31N3OS.HI/c1-4-19-18(20-13-5-6-15-23-3)21-14-7-8-16-9-11-17(22-2)12-10-16;/h9-12H,4-8,13-15H2,1-3H3,(H2,19,20,21);1H. The van der Waals surface area contributed by atoms with E-state index in [1.807, 2.05) is 23.9 Å². The van der Waals surface area contributed by atoms with Gasteiger partial charge in [0.25, 0.3) is 0 Å². The Morgan fingerprint density at radius 1 is 1.12 bits per heavy atom. The minimum absolute atomic E-state index is 0. The molecule has 0 aliphatic carbocycles. The summed E-state index contributed by atoms with van der Waals surface area (Å²) in [5.41, 5.74) is 1.33. The number of benzene rings is 1. The molecule has 0 aliphatic heterocycles. The monoisotopic (exact) mass is 465 g/mol. The summed E-state index contributed by atoms with van der Waals surface area (Å²) in [5, 5.41) is 6.71. The third kappa shape index (κ3) is 11.0. The van der Waals surface area contributed by atoms with Crippen molar-refractivity contribution in [1.82, 2.24) is 10.6 Å². The molecule has 1 rings (SSSR count). The molecule has 0 atom stereocenters. The van der Waals surface area contributed by atoms with Crippen molar-refractivity contribution in [2.45, 2.75) is 32.6 Å². The number of ether oxygens (including phenoxy) is 1. The van der Waals surface area contributed by atoms with Gasteiger partial charge in [-0.15, -0.1) is 24.0 Å². The highest BCUT2D eigenvalue weighted by Crippen LogP contribution is 2.12. The predicted octanol–water partition coefficient (Wildman–Crippen LogP) is 3.94. The maximum atomic E-state index is 5.18. The summed E-state index contributed by atoms with van der Waals surface area (Å²) in [5.74, 6) is 3.08. The van der Waals surface area contributed by atoms with Crippen LogP contribution >= 0.6 is 35.7 Å². The first-order valence-electron chi connectivity index (χ1n) is 8.44. The summed E-state index contributed by atoms with van der Waals surface area (Å²) in [6, 6.07) is 8.27. The van der Waals surface area contributed by atoms with Gasteiger partial charge in [-0.2, -0.15) is 11.8 Å². The smallest absolute Gasteiger partial charge is 0.191 e. The van der Waals surface area contributed by atoms with E-state index in [1.165, 1.54) is 24.2 Å². The Morgan fingerprint density at radius 2 is 1.88 bits per heavy atom. The van der Waals surface area contributed by atoms with Crippen LogP contribution in [-0.4, -0.2) is 44.7 Å². The topological polar surface area (TPSA) is 45.7 Å². The summed E-state index contributed by atoms with van der Waals surface area (Å²) < 4.78 is 5.18. The fourth-order valence-corrected chi connectivity index (χ4v) is 2.68. The number of hydrogen-bond acceptors (Lipinski definition) is 3. The van der Waals surface area contributed by atoms with Crippen LogP contribution in [0.1, 0.15) is 31.7 Å². The molecule has 0 radical (unpaired) electrons. The van der Waals surface area contributed by atoms with Crippen molar-refractivity contribution in [3.05, 3.63) is 29.8 Å². The molecule has 4 nitrogen and oxygen atoms in total. The van der Waals surface area contributed by atoms with Crippen LogP contribution in [0.4, 0.5) is 0 Å². The Bertz CT molecular complexity index is 440. The fourth-order valence-electron chi connectivity index (χ4n) is 2.19. The van der Waals surface area contributed by atoms with Gasteiger partial charge in [0, 0.05) is 19.6 Å². The molecule has 0 aromatic heterocycles. The van der Waals surface area contributed by atoms with E-state index in [4.69, 9.17) is 4.74 Å². The Hall–Kier alpha value is -0.630. The number of guanidine groups is 1. The second kappa shape index (κ2) is 15.9. The van der Waals surface area contributed by atoms with Gasteiger partial charge >= 0.3 is 0 Å². The molecule has 24 heavy (non-hydrogen) atoms. The van der Waals surface area contributed by atoms with Crippen molar-refractivity contribution < 1.29 is 4.74 Å². The number of methoxy groups -OCH3 is 1. The van der Waals surface area contributed by atoms with Gasteiger partial charge in [-0.05, 0) is 62.3 Å². The Labute approximate surface area is 168 Å². The summed E-state index contributed by atoms with van der Waals surface area (Å²) >= 11 is 1.91. The first kappa shape index (κ1) is 23.4. The minimum Gasteiger partial charge on any atom is -0.497 e. The maximum absolute atomic E-state index is 5.18. The molecule has 0 bridgehead atoms. The second-order valence-electron chi connectivity index (χ2n) is 5.34. The molecule has 6 heteroatoms. The van der Waals surface area contributed by atoms with E-state index >= 15 is 0 Å². The zero-order valence-electron chi connectivity index (χ0n) is 15.1. The quantitative estimate of drug-likeness (QED) is 0.225. The third-order valence-corrected chi connectivity index (χ3v) is 4.16. The average molecular weight is 465 g/mol. The van der Waals surface area contributed by atoms with E-state index in [-0.39, 0.29) is 24.0 Å². The van der Waals surface area contributed by atoms with E-state index in [0.717, 1.165) is 44.2 Å². The van der Waals surface area contributed by atoms with Gasteiger partial charge in [-0.3, -0.25) is 4.99 Å². The molecule has 1 aromatic carbocycles. The lowest BCUT2D eigenvalue weighted by Gasteiger charge is -2.11. The van der Waals surface area contributed by atoms with Gasteiger partial charge in [0.1, 0.15) is 5.75 Å². The van der Waals surface area contributed by atoms with Crippen LogP contribution in [0.3, 0.4) is 0 Å². The molecule has 1 aromatic rings. The summed E-state index contributed by atoms with van der Waals surface area (Å²) in [6.07, 6.45) is 6.69. The van der Waals surface area contributed by atoms with Crippen LogP contribution < -0.4 is 15.4 Å². The fraction of sp³-hybridized carbons (Fsp3) is 0.611. The number of nitrogens with zero attached hydrogens (tertiary/aromatic N) is 1. The number of aryl methyl sites for hydroxylation is 1. The number of nitrogens with one attached hydrogen (secondary N) is 2. The highest BCUT2D eigenvalue weighted by molar-refractivity contribution is 14.0. The molecule has 0 heterocycles. The maximum Gasteiger partial charge on any atom is 0.191 e. The largest absolute Gasteiger partial charge is 0.497 e. The predicted molar refractivity (Wildman–Crippen MR) is 118 cm³/mol. The summed E-state index contributed by atoms with van der Waals surface area (Å²) in [7, 11) is 1.69. The number of halogens is 1. The summed E-state index contributed by atoms with van der Waals surface area (Å²) in [6.45, 7) is 4.83. The van der Waals surface area contributed by atoms with Crippen molar-refractivity contribution in [2.24, 2.45) is 4.99 Å². The van der Waals surface area contributed by atoms with Gasteiger partial charge in [-0.25, -0.2) is 0 Å². The SMILES string of the molecule is CCNC(=NCCCc1ccc(OC)cc1)NCCCCSC.I. The van der Waals surface area contributed by atoms with Gasteiger partial charge < -0.3 is 15.4 Å². The zero-order valence-corrected chi connectivity index (χ0v) is 18.3. The lowest BCUT2D eigenvalue weighted by atomic mass is 10.1. The first-order valence-corrected chi connectivity index (χ1v) is 9.83. The van der Waals surface area contributed by atoms with E-state index in [2.05, 4.69) is 40.9 Å². The van der Waals surface area contributed by atoms with Crippen molar-refractivity contribution in [3.63, 3.8) is 0 Å². The average Bonchev–Trinajstić information content (AvgIpc) is 2.59. The number of rotatable bonds is 11. The van der Waals surface area contributed by atoms with E-state index < -0.39 is 0 Å². The highest BCUT2D eigenvalue weighted by atomic mass is 127. The van der Waals surface area contributed by atoms with Gasteiger partial charge in [-0.1, -0.05) is 12.1 Å². The van der Waals surface area contributed by atoms with Crippen molar-refractivity contribution in [3.8, 4) is 5.75 Å². The van der Waals surface area contributed by atoms with Crippen LogP contribution in [0.15, 0.2) is 29.3 Å². The highest BCUT2D eigenvalue weighted by Gasteiger charge is 1.98. The molecule has 0 amide bonds. The minimum atomic E-state index is 0. The van der Waals surface area contributed by atoms with Crippen LogP contribution in [0, 0.1) is 0 Å². The Balaban J connectivity index is 0.00000529. The first-order chi connectivity index (χ1) is 11.3. The van der Waals surface area contributed by atoms with E-state index in [0.29, 0.717) is 0 Å². The Morgan fingerprint density at radius 3 is 2.50 bits per heavy atom. The van der Waals surface area contributed by atoms with Gasteiger partial charge in [0.2, 0.25) is 0 Å². The second-order valence-corrected chi connectivity index (χ2v) is 6.32. The van der Waals surface area contributed by atoms with Crippen molar-refractivity contribution in [1.29, 1.82) is 0 Å². The van der Waals surface area contributed by atoms with Gasteiger partial charge in [0.15, 0.2) is 5.96 Å².